The number of benzene rings is 1. The molecule has 1 aromatic carbocycles. The van der Waals surface area contributed by atoms with Gasteiger partial charge < -0.3 is 9.72 Å². The second kappa shape index (κ2) is 4.65. The largest absolute Gasteiger partial charge is 0.467 e. The summed E-state index contributed by atoms with van der Waals surface area (Å²) in [5, 5.41) is 11.4. The minimum Gasteiger partial charge on any atom is -0.467 e. The van der Waals surface area contributed by atoms with E-state index < -0.39 is 4.92 Å². The van der Waals surface area contributed by atoms with Crippen LogP contribution in [0.15, 0.2) is 24.3 Å². The molecule has 0 aliphatic carbocycles. The first kappa shape index (κ1) is 11.1. The third-order valence-electron chi connectivity index (χ3n) is 2.43. The van der Waals surface area contributed by atoms with Gasteiger partial charge in [0.15, 0.2) is 0 Å². The second-order valence-corrected chi connectivity index (χ2v) is 3.54. The molecule has 17 heavy (non-hydrogen) atoms. The Morgan fingerprint density at radius 3 is 2.94 bits per heavy atom. The van der Waals surface area contributed by atoms with Crippen LogP contribution in [-0.4, -0.2) is 23.0 Å². The Hall–Kier alpha value is -2.37. The number of carbonyl (C=O) groups is 1. The predicted octanol–water partition coefficient (Wildman–Crippen LogP) is 1.79. The molecule has 0 saturated carbocycles. The number of non-ortho nitro benzene ring substituents is 1. The van der Waals surface area contributed by atoms with E-state index in [4.69, 9.17) is 0 Å². The normalized spacial score (nSPS) is 10.4. The molecule has 0 unspecified atom stereocenters. The lowest BCUT2D eigenvalue weighted by Crippen LogP contribution is -1.96. The van der Waals surface area contributed by atoms with E-state index in [0.29, 0.717) is 19.5 Å². The van der Waals surface area contributed by atoms with E-state index in [1.54, 1.807) is 6.07 Å². The van der Waals surface area contributed by atoms with Crippen molar-refractivity contribution < 1.29 is 14.5 Å². The van der Waals surface area contributed by atoms with Crippen LogP contribution in [0.2, 0.25) is 0 Å². The highest BCUT2D eigenvalue weighted by Gasteiger charge is 2.08. The van der Waals surface area contributed by atoms with Gasteiger partial charge in [0.2, 0.25) is 0 Å². The number of H-pyrrole nitrogens is 1. The molecule has 1 heterocycles. The van der Waals surface area contributed by atoms with Crippen LogP contribution in [0.1, 0.15) is 5.69 Å². The van der Waals surface area contributed by atoms with Gasteiger partial charge in [-0.1, -0.05) is 0 Å². The molecule has 0 bridgehead atoms. The monoisotopic (exact) mass is 234 g/mol. The van der Waals surface area contributed by atoms with Crippen LogP contribution in [0.4, 0.5) is 5.69 Å². The molecule has 2 aromatic rings. The van der Waals surface area contributed by atoms with Gasteiger partial charge in [-0.05, 0) is 12.1 Å². The fraction of sp³-hybridized carbons (Fsp3) is 0.182. The number of nitro groups is 1. The molecule has 0 saturated heterocycles. The Bertz CT molecular complexity index is 562. The van der Waals surface area contributed by atoms with Gasteiger partial charge >= 0.3 is 0 Å². The molecule has 88 valence electrons. The molecule has 2 rings (SSSR count). The highest BCUT2D eigenvalue weighted by molar-refractivity contribution is 5.82. The molecule has 0 radical (unpaired) electrons. The van der Waals surface area contributed by atoms with Crippen molar-refractivity contribution in [2.24, 2.45) is 0 Å². The zero-order chi connectivity index (χ0) is 12.3. The average Bonchev–Trinajstić information content (AvgIpc) is 2.70. The van der Waals surface area contributed by atoms with E-state index in [1.807, 2.05) is 6.07 Å². The van der Waals surface area contributed by atoms with Gasteiger partial charge in [0.05, 0.1) is 11.5 Å². The SMILES string of the molecule is O=COCCc1cc2cc([N+](=O)[O-])ccc2[nH]1. The number of fused-ring (bicyclic) bond motifs is 1. The summed E-state index contributed by atoms with van der Waals surface area (Å²) in [6.45, 7) is 0.686. The third-order valence-corrected chi connectivity index (χ3v) is 2.43. The minimum absolute atomic E-state index is 0.0622. The standard InChI is InChI=1S/C11H10N2O4/c14-7-17-4-3-9-5-8-6-10(13(15)16)1-2-11(8)12-9/h1-2,5-7,12H,3-4H2. The van der Waals surface area contributed by atoms with E-state index in [-0.39, 0.29) is 5.69 Å². The van der Waals surface area contributed by atoms with Crippen LogP contribution in [0.3, 0.4) is 0 Å². The summed E-state index contributed by atoms with van der Waals surface area (Å²) < 4.78 is 4.59. The summed E-state index contributed by atoms with van der Waals surface area (Å²) in [4.78, 5) is 23.3. The van der Waals surface area contributed by atoms with Gasteiger partial charge in [-0.25, -0.2) is 0 Å². The molecule has 0 aliphatic heterocycles. The van der Waals surface area contributed by atoms with Crippen molar-refractivity contribution in [1.29, 1.82) is 0 Å². The highest BCUT2D eigenvalue weighted by atomic mass is 16.6. The summed E-state index contributed by atoms with van der Waals surface area (Å²) in [6, 6.07) is 6.44. The highest BCUT2D eigenvalue weighted by Crippen LogP contribution is 2.21. The molecule has 1 aromatic heterocycles. The zero-order valence-electron chi connectivity index (χ0n) is 8.88. The molecule has 0 fully saturated rings. The van der Waals surface area contributed by atoms with E-state index in [0.717, 1.165) is 16.6 Å². The summed E-state index contributed by atoms with van der Waals surface area (Å²) in [6.07, 6.45) is 0.557. The van der Waals surface area contributed by atoms with E-state index in [9.17, 15) is 14.9 Å². The third kappa shape index (κ3) is 2.41. The first-order valence-electron chi connectivity index (χ1n) is 5.02. The lowest BCUT2D eigenvalue weighted by atomic mass is 10.2. The minimum atomic E-state index is -0.429. The van der Waals surface area contributed by atoms with E-state index in [1.165, 1.54) is 12.1 Å². The van der Waals surface area contributed by atoms with Crippen molar-refractivity contribution >= 4 is 23.1 Å². The van der Waals surface area contributed by atoms with Crippen molar-refractivity contribution in [3.63, 3.8) is 0 Å². The topological polar surface area (TPSA) is 85.2 Å². The first-order chi connectivity index (χ1) is 8.20. The number of rotatable bonds is 5. The number of carbonyl (C=O) groups excluding carboxylic acids is 1. The lowest BCUT2D eigenvalue weighted by Gasteiger charge is -1.94. The van der Waals surface area contributed by atoms with Gasteiger partial charge in [-0.15, -0.1) is 0 Å². The van der Waals surface area contributed by atoms with Gasteiger partial charge in [0, 0.05) is 35.2 Å². The summed E-state index contributed by atoms with van der Waals surface area (Å²) in [7, 11) is 0. The number of aromatic nitrogens is 1. The summed E-state index contributed by atoms with van der Waals surface area (Å²) >= 11 is 0. The zero-order valence-corrected chi connectivity index (χ0v) is 8.88. The van der Waals surface area contributed by atoms with Crippen molar-refractivity contribution in [1.82, 2.24) is 4.98 Å². The van der Waals surface area contributed by atoms with Gasteiger partial charge in [-0.2, -0.15) is 0 Å². The maximum absolute atomic E-state index is 10.6. The smallest absolute Gasteiger partial charge is 0.293 e. The number of hydrogen-bond acceptors (Lipinski definition) is 4. The predicted molar refractivity (Wildman–Crippen MR) is 60.7 cm³/mol. The van der Waals surface area contributed by atoms with Crippen molar-refractivity contribution in [3.05, 3.63) is 40.1 Å². The molecule has 6 heteroatoms. The molecule has 0 amide bonds. The molecule has 0 atom stereocenters. The van der Waals surface area contributed by atoms with Crippen LogP contribution in [-0.2, 0) is 16.0 Å². The Morgan fingerprint density at radius 1 is 1.41 bits per heavy atom. The van der Waals surface area contributed by atoms with E-state index in [2.05, 4.69) is 9.72 Å². The van der Waals surface area contributed by atoms with Crippen LogP contribution in [0, 0.1) is 10.1 Å². The number of aromatic amines is 1. The van der Waals surface area contributed by atoms with Crippen molar-refractivity contribution in [3.8, 4) is 0 Å². The number of hydrogen-bond donors (Lipinski definition) is 1. The lowest BCUT2D eigenvalue weighted by molar-refractivity contribution is -0.384. The van der Waals surface area contributed by atoms with Gasteiger partial charge in [0.25, 0.3) is 12.2 Å². The van der Waals surface area contributed by atoms with Gasteiger partial charge in [-0.3, -0.25) is 14.9 Å². The quantitative estimate of drug-likeness (QED) is 0.370. The maximum Gasteiger partial charge on any atom is 0.293 e. The molecule has 6 nitrogen and oxygen atoms in total. The number of nitrogens with zero attached hydrogens (tertiary/aromatic N) is 1. The van der Waals surface area contributed by atoms with E-state index >= 15 is 0 Å². The van der Waals surface area contributed by atoms with Crippen LogP contribution in [0.25, 0.3) is 10.9 Å². The number of nitrogens with one attached hydrogen (secondary N) is 1. The Morgan fingerprint density at radius 2 is 2.24 bits per heavy atom. The van der Waals surface area contributed by atoms with Gasteiger partial charge in [0.1, 0.15) is 0 Å². The molecule has 0 aliphatic rings. The maximum atomic E-state index is 10.6. The fourth-order valence-electron chi connectivity index (χ4n) is 1.65. The second-order valence-electron chi connectivity index (χ2n) is 3.54. The Labute approximate surface area is 96.3 Å². The number of ether oxygens (including phenoxy) is 1. The van der Waals surface area contributed by atoms with Crippen molar-refractivity contribution in [2.75, 3.05) is 6.61 Å². The molecular weight excluding hydrogens is 224 g/mol. The first-order valence-corrected chi connectivity index (χ1v) is 5.02. The Balaban J connectivity index is 2.24. The van der Waals surface area contributed by atoms with Crippen LogP contribution >= 0.6 is 0 Å². The molecule has 0 spiro atoms. The fourth-order valence-corrected chi connectivity index (χ4v) is 1.65. The Kier molecular flexibility index (Phi) is 3.04. The average molecular weight is 234 g/mol. The molecular formula is C11H10N2O4. The summed E-state index contributed by atoms with van der Waals surface area (Å²) in [5.41, 5.74) is 1.77. The molecule has 1 N–H and O–H groups in total. The van der Waals surface area contributed by atoms with Crippen LogP contribution in [0.5, 0.6) is 0 Å². The summed E-state index contributed by atoms with van der Waals surface area (Å²) in [5.74, 6) is 0. The van der Waals surface area contributed by atoms with Crippen molar-refractivity contribution in [2.45, 2.75) is 6.42 Å². The number of nitro benzene ring substituents is 1. The van der Waals surface area contributed by atoms with Crippen LogP contribution < -0.4 is 0 Å².